The Labute approximate surface area is 122 Å². The van der Waals surface area contributed by atoms with Crippen LogP contribution in [0.4, 0.5) is 10.5 Å². The molecule has 0 heterocycles. The van der Waals surface area contributed by atoms with E-state index in [9.17, 15) is 14.4 Å². The first-order valence-electron chi connectivity index (χ1n) is 6.32. The lowest BCUT2D eigenvalue weighted by molar-refractivity contribution is -0.140. The van der Waals surface area contributed by atoms with Crippen LogP contribution in [0.2, 0.25) is 0 Å². The number of nitrogens with zero attached hydrogens (tertiary/aromatic N) is 1. The summed E-state index contributed by atoms with van der Waals surface area (Å²) >= 11 is 0. The van der Waals surface area contributed by atoms with E-state index in [-0.39, 0.29) is 25.4 Å². The average molecular weight is 294 g/mol. The topological polar surface area (TPSA) is 95.9 Å². The molecule has 0 saturated heterocycles. The van der Waals surface area contributed by atoms with Crippen LogP contribution in [0.15, 0.2) is 24.3 Å². The van der Waals surface area contributed by atoms with E-state index in [4.69, 9.17) is 5.11 Å². The minimum atomic E-state index is -0.936. The summed E-state index contributed by atoms with van der Waals surface area (Å²) in [7, 11) is 2.84. The zero-order valence-electron chi connectivity index (χ0n) is 12.0. The standard InChI is InChI=1S/C14H18N2O5/c1-16(7-6-13(19)21-2)14(20)15-11-5-3-4-10(8-11)9-12(17)18/h3-5,8H,6-7,9H2,1-2H3,(H,15,20)(H,17,18). The molecule has 0 aromatic heterocycles. The molecule has 0 aliphatic carbocycles. The third-order valence-corrected chi connectivity index (χ3v) is 2.76. The second-order valence-corrected chi connectivity index (χ2v) is 4.45. The summed E-state index contributed by atoms with van der Waals surface area (Å²) in [6.07, 6.45) is 0.00135. The van der Waals surface area contributed by atoms with Gasteiger partial charge in [-0.1, -0.05) is 12.1 Å². The number of urea groups is 1. The molecule has 1 rings (SSSR count). The Balaban J connectivity index is 2.57. The number of carbonyl (C=O) groups is 3. The second kappa shape index (κ2) is 7.88. The smallest absolute Gasteiger partial charge is 0.321 e. The fourth-order valence-electron chi connectivity index (χ4n) is 1.62. The molecule has 0 radical (unpaired) electrons. The third-order valence-electron chi connectivity index (χ3n) is 2.76. The van der Waals surface area contributed by atoms with E-state index in [0.29, 0.717) is 11.3 Å². The number of esters is 1. The van der Waals surface area contributed by atoms with E-state index in [1.165, 1.54) is 12.0 Å². The number of carboxylic acids is 1. The molecule has 0 aliphatic heterocycles. The molecule has 7 nitrogen and oxygen atoms in total. The minimum absolute atomic E-state index is 0.109. The predicted molar refractivity (Wildman–Crippen MR) is 76.1 cm³/mol. The van der Waals surface area contributed by atoms with Gasteiger partial charge in [0.15, 0.2) is 0 Å². The van der Waals surface area contributed by atoms with Crippen LogP contribution in [0.3, 0.4) is 0 Å². The highest BCUT2D eigenvalue weighted by molar-refractivity contribution is 5.89. The molecule has 0 spiro atoms. The number of rotatable bonds is 6. The largest absolute Gasteiger partial charge is 0.481 e. The van der Waals surface area contributed by atoms with Crippen LogP contribution in [-0.2, 0) is 20.7 Å². The molecule has 114 valence electrons. The van der Waals surface area contributed by atoms with Crippen LogP contribution in [0.5, 0.6) is 0 Å². The first-order valence-corrected chi connectivity index (χ1v) is 6.32. The van der Waals surface area contributed by atoms with Gasteiger partial charge in [-0.25, -0.2) is 4.79 Å². The molecule has 0 aliphatic rings. The maximum Gasteiger partial charge on any atom is 0.321 e. The van der Waals surface area contributed by atoms with Gasteiger partial charge in [-0.2, -0.15) is 0 Å². The molecule has 0 atom stereocenters. The third kappa shape index (κ3) is 5.94. The summed E-state index contributed by atoms with van der Waals surface area (Å²) < 4.78 is 4.50. The SMILES string of the molecule is COC(=O)CCN(C)C(=O)Nc1cccc(CC(=O)O)c1. The van der Waals surface area contributed by atoms with Gasteiger partial charge < -0.3 is 20.1 Å². The molecule has 2 amide bonds. The molecule has 0 saturated carbocycles. The van der Waals surface area contributed by atoms with Crippen molar-refractivity contribution in [1.29, 1.82) is 0 Å². The number of hydrogen-bond acceptors (Lipinski definition) is 4. The monoisotopic (exact) mass is 294 g/mol. The highest BCUT2D eigenvalue weighted by Gasteiger charge is 2.11. The number of benzene rings is 1. The Kier molecular flexibility index (Phi) is 6.19. The summed E-state index contributed by atoms with van der Waals surface area (Å²) in [4.78, 5) is 34.9. The van der Waals surface area contributed by atoms with Gasteiger partial charge in [-0.3, -0.25) is 9.59 Å². The normalized spacial score (nSPS) is 9.81. The fourth-order valence-corrected chi connectivity index (χ4v) is 1.62. The summed E-state index contributed by atoms with van der Waals surface area (Å²) in [5.74, 6) is -1.33. The van der Waals surface area contributed by atoms with Gasteiger partial charge in [-0.15, -0.1) is 0 Å². The number of carbonyl (C=O) groups excluding carboxylic acids is 2. The predicted octanol–water partition coefficient (Wildman–Crippen LogP) is 1.34. The Morgan fingerprint density at radius 2 is 2.05 bits per heavy atom. The molecule has 0 fully saturated rings. The number of anilines is 1. The molecule has 0 unspecified atom stereocenters. The molecule has 1 aromatic carbocycles. The van der Waals surface area contributed by atoms with E-state index in [2.05, 4.69) is 10.1 Å². The summed E-state index contributed by atoms with van der Waals surface area (Å²) in [6, 6.07) is 6.22. The molecule has 21 heavy (non-hydrogen) atoms. The van der Waals surface area contributed by atoms with Crippen molar-refractivity contribution in [2.24, 2.45) is 0 Å². The maximum atomic E-state index is 11.9. The number of aliphatic carboxylic acids is 1. The van der Waals surface area contributed by atoms with Crippen molar-refractivity contribution >= 4 is 23.7 Å². The zero-order chi connectivity index (χ0) is 15.8. The highest BCUT2D eigenvalue weighted by Crippen LogP contribution is 2.12. The van der Waals surface area contributed by atoms with Gasteiger partial charge in [0, 0.05) is 19.3 Å². The Morgan fingerprint density at radius 1 is 1.33 bits per heavy atom. The number of amides is 2. The van der Waals surface area contributed by atoms with Gasteiger partial charge >= 0.3 is 18.0 Å². The minimum Gasteiger partial charge on any atom is -0.481 e. The first kappa shape index (κ1) is 16.5. The quantitative estimate of drug-likeness (QED) is 0.772. The van der Waals surface area contributed by atoms with Gasteiger partial charge in [-0.05, 0) is 17.7 Å². The van der Waals surface area contributed by atoms with E-state index in [1.807, 2.05) is 0 Å². The van der Waals surface area contributed by atoms with Crippen molar-refractivity contribution in [2.45, 2.75) is 12.8 Å². The summed E-state index contributed by atoms with van der Waals surface area (Å²) in [5.41, 5.74) is 1.10. The number of carboxylic acid groups (broad SMARTS) is 1. The van der Waals surface area contributed by atoms with E-state index in [0.717, 1.165) is 0 Å². The number of ether oxygens (including phenoxy) is 1. The fraction of sp³-hybridized carbons (Fsp3) is 0.357. The molecule has 2 N–H and O–H groups in total. The lowest BCUT2D eigenvalue weighted by atomic mass is 10.1. The number of hydrogen-bond donors (Lipinski definition) is 2. The van der Waals surface area contributed by atoms with Crippen LogP contribution in [0, 0.1) is 0 Å². The number of methoxy groups -OCH3 is 1. The van der Waals surface area contributed by atoms with E-state index in [1.54, 1.807) is 31.3 Å². The highest BCUT2D eigenvalue weighted by atomic mass is 16.5. The maximum absolute atomic E-state index is 11.9. The van der Waals surface area contributed by atoms with E-state index >= 15 is 0 Å². The Hall–Kier alpha value is -2.57. The second-order valence-electron chi connectivity index (χ2n) is 4.45. The molecule has 1 aromatic rings. The van der Waals surface area contributed by atoms with E-state index < -0.39 is 11.9 Å². The van der Waals surface area contributed by atoms with Crippen LogP contribution in [-0.4, -0.2) is 48.7 Å². The first-order chi connectivity index (χ1) is 9.92. The molecular formula is C14H18N2O5. The van der Waals surface area contributed by atoms with Crippen molar-refractivity contribution in [3.05, 3.63) is 29.8 Å². The van der Waals surface area contributed by atoms with Crippen molar-refractivity contribution < 1.29 is 24.2 Å². The van der Waals surface area contributed by atoms with Gasteiger partial charge in [0.25, 0.3) is 0 Å². The van der Waals surface area contributed by atoms with Crippen LogP contribution in [0.25, 0.3) is 0 Å². The van der Waals surface area contributed by atoms with Crippen LogP contribution >= 0.6 is 0 Å². The average Bonchev–Trinajstić information content (AvgIpc) is 2.43. The Morgan fingerprint density at radius 3 is 2.67 bits per heavy atom. The number of nitrogens with one attached hydrogen (secondary N) is 1. The summed E-state index contributed by atoms with van der Waals surface area (Å²) in [6.45, 7) is 0.229. The lowest BCUT2D eigenvalue weighted by Crippen LogP contribution is -2.33. The Bertz CT molecular complexity index is 530. The van der Waals surface area contributed by atoms with Crippen molar-refractivity contribution in [1.82, 2.24) is 4.90 Å². The molecular weight excluding hydrogens is 276 g/mol. The molecule has 7 heteroatoms. The van der Waals surface area contributed by atoms with Gasteiger partial charge in [0.2, 0.25) is 0 Å². The molecule has 0 bridgehead atoms. The summed E-state index contributed by atoms with van der Waals surface area (Å²) in [5, 5.41) is 11.4. The van der Waals surface area contributed by atoms with Crippen molar-refractivity contribution in [3.8, 4) is 0 Å². The van der Waals surface area contributed by atoms with Gasteiger partial charge in [0.05, 0.1) is 20.0 Å². The lowest BCUT2D eigenvalue weighted by Gasteiger charge is -2.17. The van der Waals surface area contributed by atoms with Crippen molar-refractivity contribution in [2.75, 3.05) is 26.0 Å². The van der Waals surface area contributed by atoms with Crippen LogP contribution in [0.1, 0.15) is 12.0 Å². The van der Waals surface area contributed by atoms with Gasteiger partial charge in [0.1, 0.15) is 0 Å². The zero-order valence-corrected chi connectivity index (χ0v) is 12.0. The van der Waals surface area contributed by atoms with Crippen molar-refractivity contribution in [3.63, 3.8) is 0 Å². The van der Waals surface area contributed by atoms with Crippen LogP contribution < -0.4 is 5.32 Å².